The van der Waals surface area contributed by atoms with Crippen molar-refractivity contribution >= 4 is 17.3 Å². The average molecular weight is 423 g/mol. The summed E-state index contributed by atoms with van der Waals surface area (Å²) in [4.78, 5) is 24.6. The van der Waals surface area contributed by atoms with E-state index < -0.39 is 12.3 Å². The van der Waals surface area contributed by atoms with Crippen LogP contribution in [0.25, 0.3) is 16.7 Å². The lowest BCUT2D eigenvalue weighted by atomic mass is 9.88. The molecule has 0 saturated heterocycles. The third-order valence-corrected chi connectivity index (χ3v) is 5.44. The smallest absolute Gasteiger partial charge is 0.345 e. The second-order valence-electron chi connectivity index (χ2n) is 8.28. The third-order valence-electron chi connectivity index (χ3n) is 5.44. The number of fused-ring (bicyclic) bond motifs is 1. The zero-order valence-corrected chi connectivity index (χ0v) is 18.7. The van der Waals surface area contributed by atoms with Crippen molar-refractivity contribution in [2.24, 2.45) is 0 Å². The number of esters is 1. The van der Waals surface area contributed by atoms with E-state index in [0.29, 0.717) is 23.1 Å². The zero-order chi connectivity index (χ0) is 22.7. The summed E-state index contributed by atoms with van der Waals surface area (Å²) in [5.41, 5.74) is 4.87. The van der Waals surface area contributed by atoms with Crippen molar-refractivity contribution in [3.8, 4) is 22.6 Å². The van der Waals surface area contributed by atoms with Gasteiger partial charge in [0.1, 0.15) is 22.8 Å². The molecule has 5 nitrogen and oxygen atoms in total. The molecule has 0 bridgehead atoms. The fourth-order valence-electron chi connectivity index (χ4n) is 3.95. The largest absolute Gasteiger partial charge is 0.507 e. The molecule has 3 rings (SSSR count). The summed E-state index contributed by atoms with van der Waals surface area (Å²) in [5, 5.41) is 11.1. The molecule has 0 amide bonds. The van der Waals surface area contributed by atoms with Crippen LogP contribution in [-0.2, 0) is 16.0 Å². The number of carbonyl (C=O) groups excluding carboxylic acids is 2. The van der Waals surface area contributed by atoms with Crippen molar-refractivity contribution < 1.29 is 24.2 Å². The Balaban J connectivity index is 2.25. The molecule has 1 aliphatic heterocycles. The van der Waals surface area contributed by atoms with E-state index in [2.05, 4.69) is 13.5 Å². The Morgan fingerprint density at radius 1 is 1.13 bits per heavy atom. The van der Waals surface area contributed by atoms with Crippen LogP contribution in [0, 0.1) is 6.92 Å². The van der Waals surface area contributed by atoms with E-state index in [9.17, 15) is 14.7 Å². The number of unbranched alkanes of at least 4 members (excludes halogenated alkanes) is 2. The first-order valence-corrected chi connectivity index (χ1v) is 10.8. The van der Waals surface area contributed by atoms with Crippen LogP contribution in [0.15, 0.2) is 30.8 Å². The van der Waals surface area contributed by atoms with E-state index in [1.165, 1.54) is 6.92 Å². The second kappa shape index (κ2) is 9.38. The lowest BCUT2D eigenvalue weighted by molar-refractivity contribution is -0.125. The van der Waals surface area contributed by atoms with Crippen molar-refractivity contribution in [3.63, 3.8) is 0 Å². The first-order chi connectivity index (χ1) is 14.7. The summed E-state index contributed by atoms with van der Waals surface area (Å²) in [7, 11) is 0. The Morgan fingerprint density at radius 2 is 1.87 bits per heavy atom. The number of cyclic esters (lactones) is 1. The van der Waals surface area contributed by atoms with Gasteiger partial charge in [0.05, 0.1) is 12.0 Å². The number of phenols is 1. The van der Waals surface area contributed by atoms with Gasteiger partial charge in [-0.2, -0.15) is 0 Å². The summed E-state index contributed by atoms with van der Waals surface area (Å²) in [6.07, 6.45) is 2.50. The van der Waals surface area contributed by atoms with Crippen LogP contribution in [0.2, 0.25) is 0 Å². The fraction of sp³-hybridized carbons (Fsp3) is 0.385. The number of carbonyl (C=O) groups is 2. The standard InChI is InChI=1S/C26H30O5/c1-6-7-8-9-18-14-21(28)24(20-12-16(4)10-11-19(20)15(2)3)25-23(18)26(29)31-22(30-25)13-17(5)27/h10-12,14,22,28H,2,6-9,13H2,1,3-5H3. The molecule has 0 fully saturated rings. The van der Waals surface area contributed by atoms with E-state index in [1.54, 1.807) is 6.07 Å². The van der Waals surface area contributed by atoms with Gasteiger partial charge in [0.25, 0.3) is 6.29 Å². The third kappa shape index (κ3) is 4.82. The van der Waals surface area contributed by atoms with Crippen LogP contribution in [0.1, 0.15) is 73.5 Å². The highest BCUT2D eigenvalue weighted by molar-refractivity contribution is 6.01. The lowest BCUT2D eigenvalue weighted by Gasteiger charge is -2.29. The number of hydrogen-bond acceptors (Lipinski definition) is 5. The van der Waals surface area contributed by atoms with E-state index >= 15 is 0 Å². The normalized spacial score (nSPS) is 15.1. The molecule has 31 heavy (non-hydrogen) atoms. The van der Waals surface area contributed by atoms with Crippen LogP contribution in [0.4, 0.5) is 0 Å². The Hall–Kier alpha value is -3.08. The van der Waals surface area contributed by atoms with Gasteiger partial charge in [0.2, 0.25) is 0 Å². The molecule has 0 aliphatic carbocycles. The van der Waals surface area contributed by atoms with Crippen LogP contribution < -0.4 is 4.74 Å². The first-order valence-electron chi connectivity index (χ1n) is 10.8. The number of rotatable bonds is 8. The molecular formula is C26H30O5. The van der Waals surface area contributed by atoms with Crippen LogP contribution >= 0.6 is 0 Å². The van der Waals surface area contributed by atoms with Gasteiger partial charge in [0, 0.05) is 0 Å². The average Bonchev–Trinajstić information content (AvgIpc) is 2.67. The molecule has 1 heterocycles. The Morgan fingerprint density at radius 3 is 2.52 bits per heavy atom. The minimum absolute atomic E-state index is 0.0367. The summed E-state index contributed by atoms with van der Waals surface area (Å²) < 4.78 is 11.5. The second-order valence-corrected chi connectivity index (χ2v) is 8.28. The molecule has 1 N–H and O–H groups in total. The van der Waals surface area contributed by atoms with Gasteiger partial charge in [0.15, 0.2) is 0 Å². The number of aryl methyl sites for hydroxylation is 2. The van der Waals surface area contributed by atoms with Crippen molar-refractivity contribution in [1.82, 2.24) is 0 Å². The SMILES string of the molecule is C=C(C)c1ccc(C)cc1-c1c(O)cc(CCCCC)c2c1OC(CC(C)=O)OC2=O. The van der Waals surface area contributed by atoms with Gasteiger partial charge < -0.3 is 14.6 Å². The van der Waals surface area contributed by atoms with E-state index in [0.717, 1.165) is 41.5 Å². The van der Waals surface area contributed by atoms with Crippen molar-refractivity contribution in [1.29, 1.82) is 0 Å². The molecule has 0 saturated carbocycles. The van der Waals surface area contributed by atoms with Crippen molar-refractivity contribution in [3.05, 3.63) is 53.1 Å². The molecule has 0 aromatic heterocycles. The predicted molar refractivity (Wildman–Crippen MR) is 121 cm³/mol. The molecule has 1 atom stereocenters. The molecule has 1 aliphatic rings. The quantitative estimate of drug-likeness (QED) is 0.418. The number of allylic oxidation sites excluding steroid dienone is 1. The summed E-state index contributed by atoms with van der Waals surface area (Å²) >= 11 is 0. The van der Waals surface area contributed by atoms with Crippen LogP contribution in [0.5, 0.6) is 11.5 Å². The topological polar surface area (TPSA) is 72.8 Å². The molecule has 2 aromatic rings. The van der Waals surface area contributed by atoms with Crippen molar-refractivity contribution in [2.75, 3.05) is 0 Å². The monoisotopic (exact) mass is 422 g/mol. The summed E-state index contributed by atoms with van der Waals surface area (Å²) in [6, 6.07) is 7.51. The highest BCUT2D eigenvalue weighted by Gasteiger charge is 2.35. The molecule has 5 heteroatoms. The molecule has 2 aromatic carbocycles. The number of phenolic OH excluding ortho intramolecular Hbond substituents is 1. The Bertz CT molecular complexity index is 1030. The Kier molecular flexibility index (Phi) is 6.84. The fourth-order valence-corrected chi connectivity index (χ4v) is 3.95. The van der Waals surface area contributed by atoms with Crippen molar-refractivity contribution in [2.45, 2.75) is 66.1 Å². The number of aromatic hydroxyl groups is 1. The highest BCUT2D eigenvalue weighted by atomic mass is 16.7. The number of Topliss-reactive ketones (excluding diaryl/α,β-unsaturated/α-hetero) is 1. The molecule has 0 spiro atoms. The van der Waals surface area contributed by atoms with Gasteiger partial charge in [-0.15, -0.1) is 0 Å². The van der Waals surface area contributed by atoms with Gasteiger partial charge >= 0.3 is 5.97 Å². The van der Waals surface area contributed by atoms with Gasteiger partial charge in [-0.3, -0.25) is 4.79 Å². The van der Waals surface area contributed by atoms with Gasteiger partial charge in [-0.25, -0.2) is 4.79 Å². The highest BCUT2D eigenvalue weighted by Crippen LogP contribution is 2.47. The first kappa shape index (κ1) is 22.6. The molecule has 1 unspecified atom stereocenters. The van der Waals surface area contributed by atoms with Crippen LogP contribution in [0.3, 0.4) is 0 Å². The number of ether oxygens (including phenoxy) is 2. The number of hydrogen-bond donors (Lipinski definition) is 1. The molecule has 0 radical (unpaired) electrons. The van der Waals surface area contributed by atoms with E-state index in [4.69, 9.17) is 9.47 Å². The van der Waals surface area contributed by atoms with E-state index in [1.807, 2.05) is 32.0 Å². The predicted octanol–water partition coefficient (Wildman–Crippen LogP) is 5.99. The summed E-state index contributed by atoms with van der Waals surface area (Å²) in [5.74, 6) is -0.356. The van der Waals surface area contributed by atoms with Gasteiger partial charge in [-0.1, -0.05) is 55.7 Å². The maximum absolute atomic E-state index is 13.0. The minimum atomic E-state index is -1.01. The summed E-state index contributed by atoms with van der Waals surface area (Å²) in [6.45, 7) is 11.4. The Labute approximate surface area is 183 Å². The minimum Gasteiger partial charge on any atom is -0.507 e. The number of ketones is 1. The van der Waals surface area contributed by atoms with E-state index in [-0.39, 0.29) is 23.7 Å². The van der Waals surface area contributed by atoms with Crippen LogP contribution in [-0.4, -0.2) is 23.1 Å². The molecule has 164 valence electrons. The molecular weight excluding hydrogens is 392 g/mol. The zero-order valence-electron chi connectivity index (χ0n) is 18.7. The van der Waals surface area contributed by atoms with Gasteiger partial charge in [-0.05, 0) is 56.4 Å². The maximum Gasteiger partial charge on any atom is 0.345 e. The number of benzene rings is 2. The lowest BCUT2D eigenvalue weighted by Crippen LogP contribution is -2.32. The maximum atomic E-state index is 13.0.